The number of anilines is 1. The molecule has 1 aromatic carbocycles. The first-order valence-corrected chi connectivity index (χ1v) is 8.66. The van der Waals surface area contributed by atoms with Gasteiger partial charge in [-0.2, -0.15) is 5.10 Å². The van der Waals surface area contributed by atoms with Gasteiger partial charge in [0.05, 0.1) is 17.9 Å². The van der Waals surface area contributed by atoms with E-state index in [1.54, 1.807) is 50.5 Å². The van der Waals surface area contributed by atoms with Gasteiger partial charge in [0, 0.05) is 26.4 Å². The van der Waals surface area contributed by atoms with Gasteiger partial charge in [0.25, 0.3) is 0 Å². The van der Waals surface area contributed by atoms with Crippen LogP contribution in [0.25, 0.3) is 0 Å². The monoisotopic (exact) mass is 337 g/mol. The van der Waals surface area contributed by atoms with E-state index in [0.29, 0.717) is 23.6 Å². The molecule has 2 aromatic rings. The molecule has 0 atom stereocenters. The molecule has 0 aliphatic carbocycles. The Kier molecular flexibility index (Phi) is 5.05. The molecule has 0 aliphatic heterocycles. The minimum Gasteiger partial charge on any atom is -0.462 e. The molecule has 0 fully saturated rings. The zero-order valence-electron chi connectivity index (χ0n) is 13.3. The Balaban J connectivity index is 2.12. The van der Waals surface area contributed by atoms with Crippen molar-refractivity contribution in [3.05, 3.63) is 47.7 Å². The van der Waals surface area contributed by atoms with E-state index in [0.717, 1.165) is 4.31 Å². The van der Waals surface area contributed by atoms with Crippen molar-refractivity contribution in [2.24, 2.45) is 7.05 Å². The van der Waals surface area contributed by atoms with E-state index >= 15 is 0 Å². The largest absolute Gasteiger partial charge is 0.462 e. The summed E-state index contributed by atoms with van der Waals surface area (Å²) in [6.07, 6.45) is 1.68. The highest BCUT2D eigenvalue weighted by Gasteiger charge is 2.21. The minimum absolute atomic E-state index is 0.177. The first kappa shape index (κ1) is 17.0. The molecule has 23 heavy (non-hydrogen) atoms. The predicted octanol–water partition coefficient (Wildman–Crippen LogP) is 1.56. The van der Waals surface area contributed by atoms with Crippen LogP contribution < -0.4 is 4.31 Å². The Hall–Kier alpha value is -2.35. The fraction of sp³-hybridized carbons (Fsp3) is 0.333. The Morgan fingerprint density at radius 3 is 2.43 bits per heavy atom. The number of ether oxygens (including phenoxy) is 1. The fourth-order valence-corrected chi connectivity index (χ4v) is 3.16. The topological polar surface area (TPSA) is 81.5 Å². The summed E-state index contributed by atoms with van der Waals surface area (Å²) in [7, 11) is -0.372. The molecular formula is C15H19N3O4S. The van der Waals surface area contributed by atoms with E-state index in [1.165, 1.54) is 11.7 Å². The summed E-state index contributed by atoms with van der Waals surface area (Å²) in [4.78, 5) is 11.6. The second-order valence-corrected chi connectivity index (χ2v) is 6.99. The van der Waals surface area contributed by atoms with Gasteiger partial charge in [0.1, 0.15) is 0 Å². The Labute approximate surface area is 135 Å². The number of carbonyl (C=O) groups is 1. The van der Waals surface area contributed by atoms with Crippen molar-refractivity contribution in [3.8, 4) is 0 Å². The lowest BCUT2D eigenvalue weighted by molar-refractivity contribution is 0.0526. The molecule has 2 rings (SSSR count). The van der Waals surface area contributed by atoms with Gasteiger partial charge in [-0.1, -0.05) is 12.1 Å². The maximum absolute atomic E-state index is 12.4. The number of hydrogen-bond acceptors (Lipinski definition) is 5. The van der Waals surface area contributed by atoms with Crippen LogP contribution in [0.1, 0.15) is 22.8 Å². The maximum atomic E-state index is 12.4. The molecule has 0 bridgehead atoms. The summed E-state index contributed by atoms with van der Waals surface area (Å²) < 4.78 is 32.4. The zero-order chi connectivity index (χ0) is 17.0. The van der Waals surface area contributed by atoms with Crippen LogP contribution in [-0.2, 0) is 27.6 Å². The summed E-state index contributed by atoms with van der Waals surface area (Å²) in [5.74, 6) is -0.244. The summed E-state index contributed by atoms with van der Waals surface area (Å²) in [5, 5.41) is 4.08. The van der Waals surface area contributed by atoms with Crippen LogP contribution in [0.5, 0.6) is 0 Å². The quantitative estimate of drug-likeness (QED) is 0.747. The van der Waals surface area contributed by atoms with E-state index in [2.05, 4.69) is 5.10 Å². The van der Waals surface area contributed by atoms with Gasteiger partial charge in [-0.25, -0.2) is 13.2 Å². The molecule has 1 heterocycles. The Morgan fingerprint density at radius 2 is 1.91 bits per heavy atom. The van der Waals surface area contributed by atoms with Gasteiger partial charge in [-0.15, -0.1) is 0 Å². The van der Waals surface area contributed by atoms with Crippen molar-refractivity contribution in [2.45, 2.75) is 12.7 Å². The average Bonchev–Trinajstić information content (AvgIpc) is 2.93. The van der Waals surface area contributed by atoms with Crippen molar-refractivity contribution in [3.63, 3.8) is 0 Å². The SMILES string of the molecule is CCOC(=O)c1ccc(CS(=O)(=O)N(C)c2ccn(C)n2)cc1. The summed E-state index contributed by atoms with van der Waals surface area (Å²) in [6, 6.07) is 7.96. The zero-order valence-corrected chi connectivity index (χ0v) is 14.1. The van der Waals surface area contributed by atoms with Crippen molar-refractivity contribution in [1.82, 2.24) is 9.78 Å². The number of esters is 1. The number of aromatic nitrogens is 2. The van der Waals surface area contributed by atoms with Gasteiger partial charge >= 0.3 is 5.97 Å². The number of rotatable bonds is 6. The predicted molar refractivity (Wildman–Crippen MR) is 86.6 cm³/mol. The highest BCUT2D eigenvalue weighted by Crippen LogP contribution is 2.17. The van der Waals surface area contributed by atoms with E-state index < -0.39 is 16.0 Å². The Morgan fingerprint density at radius 1 is 1.26 bits per heavy atom. The minimum atomic E-state index is -3.56. The average molecular weight is 337 g/mol. The van der Waals surface area contributed by atoms with Crippen molar-refractivity contribution in [1.29, 1.82) is 0 Å². The lowest BCUT2D eigenvalue weighted by Gasteiger charge is -2.16. The van der Waals surface area contributed by atoms with E-state index in [1.807, 2.05) is 0 Å². The third kappa shape index (κ3) is 4.10. The van der Waals surface area contributed by atoms with Crippen molar-refractivity contribution < 1.29 is 17.9 Å². The van der Waals surface area contributed by atoms with E-state index in [-0.39, 0.29) is 5.75 Å². The molecule has 0 saturated carbocycles. The number of carbonyl (C=O) groups excluding carboxylic acids is 1. The van der Waals surface area contributed by atoms with Gasteiger partial charge < -0.3 is 4.74 Å². The number of hydrogen-bond donors (Lipinski definition) is 0. The molecule has 8 heteroatoms. The molecule has 0 saturated heterocycles. The van der Waals surface area contributed by atoms with E-state index in [4.69, 9.17) is 4.74 Å². The summed E-state index contributed by atoms with van der Waals surface area (Å²) in [5.41, 5.74) is 0.979. The molecule has 7 nitrogen and oxygen atoms in total. The van der Waals surface area contributed by atoms with Crippen LogP contribution in [-0.4, -0.2) is 37.8 Å². The van der Waals surface area contributed by atoms with Crippen LogP contribution in [0.4, 0.5) is 5.82 Å². The maximum Gasteiger partial charge on any atom is 0.338 e. The summed E-state index contributed by atoms with van der Waals surface area (Å²) >= 11 is 0. The molecule has 0 radical (unpaired) electrons. The van der Waals surface area contributed by atoms with Crippen LogP contribution in [0.2, 0.25) is 0 Å². The molecular weight excluding hydrogens is 318 g/mol. The first-order chi connectivity index (χ1) is 10.8. The van der Waals surface area contributed by atoms with E-state index in [9.17, 15) is 13.2 Å². The lowest BCUT2D eigenvalue weighted by atomic mass is 10.1. The first-order valence-electron chi connectivity index (χ1n) is 7.06. The lowest BCUT2D eigenvalue weighted by Crippen LogP contribution is -2.28. The second-order valence-electron chi connectivity index (χ2n) is 4.99. The number of benzene rings is 1. The van der Waals surface area contributed by atoms with Crippen molar-refractivity contribution in [2.75, 3.05) is 18.0 Å². The van der Waals surface area contributed by atoms with Crippen LogP contribution in [0.15, 0.2) is 36.5 Å². The second kappa shape index (κ2) is 6.82. The van der Waals surface area contributed by atoms with Crippen LogP contribution in [0.3, 0.4) is 0 Å². The summed E-state index contributed by atoms with van der Waals surface area (Å²) in [6.45, 7) is 2.02. The van der Waals surface area contributed by atoms with Gasteiger partial charge in [-0.3, -0.25) is 8.99 Å². The van der Waals surface area contributed by atoms with Gasteiger partial charge in [0.2, 0.25) is 10.0 Å². The number of sulfonamides is 1. The third-order valence-corrected chi connectivity index (χ3v) is 4.97. The molecule has 124 valence electrons. The standard InChI is InChI=1S/C15H19N3O4S/c1-4-22-15(19)13-7-5-12(6-8-13)11-23(20,21)18(3)14-9-10-17(2)16-14/h5-10H,4,11H2,1-3H3. The molecule has 0 amide bonds. The highest BCUT2D eigenvalue weighted by molar-refractivity contribution is 7.92. The smallest absolute Gasteiger partial charge is 0.338 e. The third-order valence-electron chi connectivity index (χ3n) is 3.25. The molecule has 0 unspecified atom stereocenters. The number of nitrogens with zero attached hydrogens (tertiary/aromatic N) is 3. The molecule has 1 aromatic heterocycles. The van der Waals surface area contributed by atoms with Crippen molar-refractivity contribution >= 4 is 21.8 Å². The molecule has 0 aliphatic rings. The molecule has 0 spiro atoms. The Bertz CT molecular complexity index is 781. The van der Waals surface area contributed by atoms with Gasteiger partial charge in [0.15, 0.2) is 5.82 Å². The normalized spacial score (nSPS) is 11.3. The fourth-order valence-electron chi connectivity index (χ4n) is 1.97. The van der Waals surface area contributed by atoms with Crippen LogP contribution >= 0.6 is 0 Å². The van der Waals surface area contributed by atoms with Crippen LogP contribution in [0, 0.1) is 0 Å². The van der Waals surface area contributed by atoms with Gasteiger partial charge in [-0.05, 0) is 24.6 Å². The number of aryl methyl sites for hydroxylation is 1. The molecule has 0 N–H and O–H groups in total. The highest BCUT2D eigenvalue weighted by atomic mass is 32.2.